The van der Waals surface area contributed by atoms with Crippen molar-refractivity contribution < 1.29 is 0 Å². The summed E-state index contributed by atoms with van der Waals surface area (Å²) in [7, 11) is 0. The van der Waals surface area contributed by atoms with Crippen LogP contribution < -0.4 is 5.32 Å². The molecule has 1 aliphatic carbocycles. The zero-order valence-corrected chi connectivity index (χ0v) is 14.6. The van der Waals surface area contributed by atoms with Crippen LogP contribution in [-0.4, -0.2) is 23.0 Å². The molecule has 1 N–H and O–H groups in total. The molecule has 2 aliphatic rings. The Hall–Kier alpha value is -0.180. The van der Waals surface area contributed by atoms with E-state index in [1.807, 2.05) is 11.8 Å². The maximum Gasteiger partial charge on any atom is 0.157 e. The molecule has 0 spiro atoms. The Labute approximate surface area is 129 Å². The molecule has 116 valence electrons. The molecule has 0 bridgehead atoms. The summed E-state index contributed by atoms with van der Waals surface area (Å²) in [6.45, 7) is 9.26. The number of nitrogens with zero attached hydrogens (tertiary/aromatic N) is 1. The Kier molecular flexibility index (Phi) is 5.83. The highest BCUT2D eigenvalue weighted by atomic mass is 32.2. The molecule has 2 nitrogen and oxygen atoms in total. The lowest BCUT2D eigenvalue weighted by Crippen LogP contribution is -2.42. The molecule has 2 unspecified atom stereocenters. The van der Waals surface area contributed by atoms with Crippen LogP contribution in [0.3, 0.4) is 0 Å². The predicted octanol–water partition coefficient (Wildman–Crippen LogP) is 4.84. The van der Waals surface area contributed by atoms with Crippen LogP contribution in [0, 0.1) is 11.3 Å². The van der Waals surface area contributed by atoms with Crippen molar-refractivity contribution in [2.75, 3.05) is 5.75 Å². The van der Waals surface area contributed by atoms with Gasteiger partial charge in [-0.05, 0) is 37.0 Å². The second-order valence-electron chi connectivity index (χ2n) is 7.51. The highest BCUT2D eigenvalue weighted by Crippen LogP contribution is 2.32. The van der Waals surface area contributed by atoms with Gasteiger partial charge < -0.3 is 5.32 Å². The molecule has 0 aromatic rings. The van der Waals surface area contributed by atoms with Gasteiger partial charge >= 0.3 is 0 Å². The van der Waals surface area contributed by atoms with Crippen LogP contribution in [0.5, 0.6) is 0 Å². The first kappa shape index (κ1) is 16.2. The van der Waals surface area contributed by atoms with Gasteiger partial charge in [0.25, 0.3) is 0 Å². The lowest BCUT2D eigenvalue weighted by molar-refractivity contribution is 0.282. The molecular weight excluding hydrogens is 264 g/mol. The first-order valence-corrected chi connectivity index (χ1v) is 9.46. The molecule has 1 heterocycles. The van der Waals surface area contributed by atoms with Gasteiger partial charge in [-0.3, -0.25) is 4.99 Å². The Bertz CT molecular complexity index is 326. The second kappa shape index (κ2) is 7.20. The van der Waals surface area contributed by atoms with Crippen molar-refractivity contribution in [1.29, 1.82) is 0 Å². The third-order valence-corrected chi connectivity index (χ3v) is 5.81. The average Bonchev–Trinajstić information content (AvgIpc) is 2.45. The molecule has 2 atom stereocenters. The van der Waals surface area contributed by atoms with Crippen LogP contribution in [0.15, 0.2) is 4.99 Å². The molecular formula is C17H32N2S. The molecule has 3 heteroatoms. The van der Waals surface area contributed by atoms with Crippen molar-refractivity contribution in [3.05, 3.63) is 0 Å². The van der Waals surface area contributed by atoms with Crippen LogP contribution in [0.4, 0.5) is 0 Å². The molecule has 1 aliphatic heterocycles. The molecule has 2 rings (SSSR count). The fraction of sp³-hybridized carbons (Fsp3) is 0.941. The lowest BCUT2D eigenvalue weighted by Gasteiger charge is -2.35. The molecule has 0 radical (unpaired) electrons. The Balaban J connectivity index is 1.97. The Morgan fingerprint density at radius 2 is 1.90 bits per heavy atom. The van der Waals surface area contributed by atoms with E-state index in [0.29, 0.717) is 17.5 Å². The lowest BCUT2D eigenvalue weighted by atomic mass is 9.83. The first-order valence-electron chi connectivity index (χ1n) is 8.48. The zero-order chi connectivity index (χ0) is 14.6. The number of hydrogen-bond acceptors (Lipinski definition) is 3. The fourth-order valence-corrected chi connectivity index (χ4v) is 4.44. The fourth-order valence-electron chi connectivity index (χ4n) is 3.46. The molecule has 0 aromatic heterocycles. The summed E-state index contributed by atoms with van der Waals surface area (Å²) in [5.74, 6) is 2.08. The minimum absolute atomic E-state index is 0.292. The van der Waals surface area contributed by atoms with Gasteiger partial charge in [0.2, 0.25) is 0 Å². The predicted molar refractivity (Wildman–Crippen MR) is 91.5 cm³/mol. The summed E-state index contributed by atoms with van der Waals surface area (Å²) in [6, 6.07) is 1.12. The van der Waals surface area contributed by atoms with Gasteiger partial charge in [-0.15, -0.1) is 0 Å². The van der Waals surface area contributed by atoms with Gasteiger partial charge in [-0.25, -0.2) is 0 Å². The van der Waals surface area contributed by atoms with E-state index in [-0.39, 0.29) is 0 Å². The Morgan fingerprint density at radius 1 is 1.20 bits per heavy atom. The summed E-state index contributed by atoms with van der Waals surface area (Å²) in [5, 5.41) is 5.01. The van der Waals surface area contributed by atoms with Crippen molar-refractivity contribution in [3.8, 4) is 0 Å². The van der Waals surface area contributed by atoms with E-state index in [1.165, 1.54) is 55.9 Å². The highest BCUT2D eigenvalue weighted by Gasteiger charge is 2.29. The highest BCUT2D eigenvalue weighted by molar-refractivity contribution is 8.13. The summed E-state index contributed by atoms with van der Waals surface area (Å²) in [6.07, 6.45) is 9.55. The molecule has 20 heavy (non-hydrogen) atoms. The van der Waals surface area contributed by atoms with Crippen LogP contribution in [0.2, 0.25) is 0 Å². The van der Waals surface area contributed by atoms with Crippen molar-refractivity contribution in [3.63, 3.8) is 0 Å². The molecule has 1 fully saturated rings. The van der Waals surface area contributed by atoms with Gasteiger partial charge in [0.05, 0.1) is 6.04 Å². The minimum Gasteiger partial charge on any atom is -0.362 e. The zero-order valence-electron chi connectivity index (χ0n) is 13.7. The van der Waals surface area contributed by atoms with E-state index < -0.39 is 0 Å². The third-order valence-electron chi connectivity index (χ3n) is 4.87. The normalized spacial score (nSPS) is 27.0. The largest absolute Gasteiger partial charge is 0.362 e. The topological polar surface area (TPSA) is 24.4 Å². The first-order chi connectivity index (χ1) is 9.50. The summed E-state index contributed by atoms with van der Waals surface area (Å²) in [5.41, 5.74) is 0.292. The smallest absolute Gasteiger partial charge is 0.157 e. The summed E-state index contributed by atoms with van der Waals surface area (Å²) in [4.78, 5) is 5.00. The molecule has 0 saturated heterocycles. The number of thioether (sulfide) groups is 1. The number of hydrogen-bond donors (Lipinski definition) is 1. The van der Waals surface area contributed by atoms with Crippen molar-refractivity contribution >= 4 is 16.9 Å². The Morgan fingerprint density at radius 3 is 2.50 bits per heavy atom. The number of aliphatic imine (C=N–C) groups is 1. The van der Waals surface area contributed by atoms with E-state index >= 15 is 0 Å². The van der Waals surface area contributed by atoms with Crippen LogP contribution in [0.25, 0.3) is 0 Å². The van der Waals surface area contributed by atoms with E-state index in [4.69, 9.17) is 4.99 Å². The maximum absolute atomic E-state index is 5.00. The monoisotopic (exact) mass is 296 g/mol. The van der Waals surface area contributed by atoms with E-state index in [1.54, 1.807) is 0 Å². The minimum atomic E-state index is 0.292. The number of amidine groups is 1. The van der Waals surface area contributed by atoms with Gasteiger partial charge in [0.1, 0.15) is 0 Å². The molecule has 1 saturated carbocycles. The maximum atomic E-state index is 5.00. The quantitative estimate of drug-likeness (QED) is 0.805. The van der Waals surface area contributed by atoms with Crippen molar-refractivity contribution in [2.45, 2.75) is 84.7 Å². The van der Waals surface area contributed by atoms with E-state index in [2.05, 4.69) is 33.0 Å². The van der Waals surface area contributed by atoms with Gasteiger partial charge in [0, 0.05) is 11.8 Å². The van der Waals surface area contributed by atoms with E-state index in [0.717, 1.165) is 5.92 Å². The standard InChI is InChI=1S/C17H32N2S/c1-5-14(13-9-7-6-8-10-13)18-16-19-15(11-12-20-16)17(2,3)4/h13-15H,5-12H2,1-4H3,(H,18,19). The third kappa shape index (κ3) is 4.41. The number of rotatable bonds is 3. The summed E-state index contributed by atoms with van der Waals surface area (Å²) < 4.78 is 0. The van der Waals surface area contributed by atoms with Gasteiger partial charge in [0.15, 0.2) is 5.17 Å². The van der Waals surface area contributed by atoms with E-state index in [9.17, 15) is 0 Å². The van der Waals surface area contributed by atoms with Gasteiger partial charge in [-0.2, -0.15) is 0 Å². The average molecular weight is 297 g/mol. The molecule has 0 aromatic carbocycles. The SMILES string of the molecule is CCC(NC1=NC(C(C)(C)C)CCS1)C1CCCCC1. The molecule has 0 amide bonds. The van der Waals surface area contributed by atoms with Crippen LogP contribution >= 0.6 is 11.8 Å². The van der Waals surface area contributed by atoms with Crippen molar-refractivity contribution in [1.82, 2.24) is 5.32 Å². The second-order valence-corrected chi connectivity index (χ2v) is 8.59. The van der Waals surface area contributed by atoms with Crippen molar-refractivity contribution in [2.24, 2.45) is 16.3 Å². The van der Waals surface area contributed by atoms with Crippen LogP contribution in [0.1, 0.15) is 72.6 Å². The van der Waals surface area contributed by atoms with Gasteiger partial charge in [-0.1, -0.05) is 58.7 Å². The van der Waals surface area contributed by atoms with Crippen LogP contribution in [-0.2, 0) is 0 Å². The summed E-state index contributed by atoms with van der Waals surface area (Å²) >= 11 is 1.93. The number of nitrogens with one attached hydrogen (secondary N) is 1.